The lowest BCUT2D eigenvalue weighted by molar-refractivity contribution is 0.405. The van der Waals surface area contributed by atoms with Gasteiger partial charge < -0.3 is 10.1 Å². The van der Waals surface area contributed by atoms with Gasteiger partial charge in [0.15, 0.2) is 0 Å². The van der Waals surface area contributed by atoms with Gasteiger partial charge in [-0.3, -0.25) is 4.68 Å². The van der Waals surface area contributed by atoms with Crippen molar-refractivity contribution in [3.63, 3.8) is 0 Å². The molecule has 1 aromatic carbocycles. The number of likely N-dealkylation sites (N-methyl/N-ethyl adjacent to an activating group) is 1. The van der Waals surface area contributed by atoms with E-state index in [4.69, 9.17) is 16.3 Å². The van der Waals surface area contributed by atoms with E-state index in [0.29, 0.717) is 0 Å². The maximum Gasteiger partial charge on any atom is 0.122 e. The van der Waals surface area contributed by atoms with Gasteiger partial charge in [0.05, 0.1) is 13.3 Å². The minimum absolute atomic E-state index is 0.195. The second-order valence-corrected chi connectivity index (χ2v) is 5.15. The standard InChI is InChI=1S/C15H20ClN3O/c1-4-17-14(12-9-18-19(2)10-12)8-11-7-13(16)5-6-15(11)20-3/h5-7,9-10,14,17H,4,8H2,1-3H3. The molecule has 4 nitrogen and oxygen atoms in total. The monoisotopic (exact) mass is 293 g/mol. The fraction of sp³-hybridized carbons (Fsp3) is 0.400. The molecule has 0 fully saturated rings. The first-order valence-electron chi connectivity index (χ1n) is 6.68. The zero-order chi connectivity index (χ0) is 14.5. The van der Waals surface area contributed by atoms with Crippen LogP contribution in [-0.4, -0.2) is 23.4 Å². The third-order valence-corrected chi connectivity index (χ3v) is 3.48. The summed E-state index contributed by atoms with van der Waals surface area (Å²) in [6.07, 6.45) is 4.73. The molecule has 1 atom stereocenters. The van der Waals surface area contributed by atoms with Crippen molar-refractivity contribution in [1.29, 1.82) is 0 Å². The van der Waals surface area contributed by atoms with Crippen molar-refractivity contribution in [2.75, 3.05) is 13.7 Å². The zero-order valence-corrected chi connectivity index (χ0v) is 12.8. The van der Waals surface area contributed by atoms with Crippen LogP contribution in [0.25, 0.3) is 0 Å². The molecule has 0 aliphatic heterocycles. The molecule has 0 radical (unpaired) electrons. The Bertz CT molecular complexity index is 568. The fourth-order valence-electron chi connectivity index (χ4n) is 2.30. The Morgan fingerprint density at radius 3 is 2.85 bits per heavy atom. The Morgan fingerprint density at radius 1 is 1.45 bits per heavy atom. The predicted molar refractivity (Wildman–Crippen MR) is 81.3 cm³/mol. The first-order chi connectivity index (χ1) is 9.63. The molecule has 0 aliphatic carbocycles. The van der Waals surface area contributed by atoms with Crippen LogP contribution in [0.1, 0.15) is 24.1 Å². The van der Waals surface area contributed by atoms with E-state index in [1.165, 1.54) is 0 Å². The molecule has 0 saturated carbocycles. The van der Waals surface area contributed by atoms with Gasteiger partial charge in [0.2, 0.25) is 0 Å². The predicted octanol–water partition coefficient (Wildman–Crippen LogP) is 2.98. The Morgan fingerprint density at radius 2 is 2.25 bits per heavy atom. The van der Waals surface area contributed by atoms with Crippen molar-refractivity contribution in [1.82, 2.24) is 15.1 Å². The summed E-state index contributed by atoms with van der Waals surface area (Å²) in [6, 6.07) is 5.90. The first kappa shape index (κ1) is 14.9. The molecule has 20 heavy (non-hydrogen) atoms. The van der Waals surface area contributed by atoms with Crippen LogP contribution in [0.5, 0.6) is 5.75 Å². The smallest absolute Gasteiger partial charge is 0.122 e. The minimum atomic E-state index is 0.195. The number of hydrogen-bond acceptors (Lipinski definition) is 3. The van der Waals surface area contributed by atoms with Crippen LogP contribution in [0.3, 0.4) is 0 Å². The summed E-state index contributed by atoms with van der Waals surface area (Å²) in [5.74, 6) is 0.862. The lowest BCUT2D eigenvalue weighted by atomic mass is 10.0. The normalized spacial score (nSPS) is 12.4. The Balaban J connectivity index is 2.26. The van der Waals surface area contributed by atoms with Crippen molar-refractivity contribution in [2.24, 2.45) is 7.05 Å². The summed E-state index contributed by atoms with van der Waals surface area (Å²) in [4.78, 5) is 0. The van der Waals surface area contributed by atoms with E-state index < -0.39 is 0 Å². The van der Waals surface area contributed by atoms with E-state index in [-0.39, 0.29) is 6.04 Å². The molecule has 108 valence electrons. The number of nitrogens with one attached hydrogen (secondary N) is 1. The third-order valence-electron chi connectivity index (χ3n) is 3.24. The topological polar surface area (TPSA) is 39.1 Å². The van der Waals surface area contributed by atoms with Gasteiger partial charge in [-0.05, 0) is 36.7 Å². The van der Waals surface area contributed by atoms with Gasteiger partial charge in [-0.2, -0.15) is 5.10 Å². The summed E-state index contributed by atoms with van der Waals surface area (Å²) in [7, 11) is 3.60. The highest BCUT2D eigenvalue weighted by atomic mass is 35.5. The van der Waals surface area contributed by atoms with Crippen LogP contribution < -0.4 is 10.1 Å². The number of hydrogen-bond donors (Lipinski definition) is 1. The summed E-state index contributed by atoms with van der Waals surface area (Å²) >= 11 is 6.09. The summed E-state index contributed by atoms with van der Waals surface area (Å²) in [5, 5.41) is 8.44. The van der Waals surface area contributed by atoms with Gasteiger partial charge in [0.1, 0.15) is 5.75 Å². The Hall–Kier alpha value is -1.52. The van der Waals surface area contributed by atoms with Crippen molar-refractivity contribution < 1.29 is 4.74 Å². The molecule has 0 bridgehead atoms. The van der Waals surface area contributed by atoms with E-state index in [9.17, 15) is 0 Å². The third kappa shape index (κ3) is 3.52. The molecule has 2 aromatic rings. The molecule has 0 aliphatic rings. The van der Waals surface area contributed by atoms with E-state index in [2.05, 4.69) is 17.3 Å². The molecule has 1 heterocycles. The second-order valence-electron chi connectivity index (χ2n) is 4.72. The highest BCUT2D eigenvalue weighted by Gasteiger charge is 2.15. The van der Waals surface area contributed by atoms with Crippen LogP contribution in [0.2, 0.25) is 5.02 Å². The van der Waals surface area contributed by atoms with Crippen LogP contribution in [0.15, 0.2) is 30.6 Å². The number of halogens is 1. The molecule has 1 unspecified atom stereocenters. The zero-order valence-electron chi connectivity index (χ0n) is 12.1. The quantitative estimate of drug-likeness (QED) is 0.890. The minimum Gasteiger partial charge on any atom is -0.496 e. The molecule has 5 heteroatoms. The van der Waals surface area contributed by atoms with Gasteiger partial charge >= 0.3 is 0 Å². The molecule has 1 N–H and O–H groups in total. The maximum atomic E-state index is 6.09. The van der Waals surface area contributed by atoms with Crippen molar-refractivity contribution in [3.8, 4) is 5.75 Å². The number of ether oxygens (including phenoxy) is 1. The van der Waals surface area contributed by atoms with Gasteiger partial charge in [0.25, 0.3) is 0 Å². The lowest BCUT2D eigenvalue weighted by Gasteiger charge is -2.18. The average molecular weight is 294 g/mol. The van der Waals surface area contributed by atoms with Crippen LogP contribution in [0.4, 0.5) is 0 Å². The summed E-state index contributed by atoms with van der Waals surface area (Å²) in [6.45, 7) is 2.99. The molecule has 2 rings (SSSR count). The van der Waals surface area contributed by atoms with Gasteiger partial charge in [-0.1, -0.05) is 18.5 Å². The largest absolute Gasteiger partial charge is 0.496 e. The first-order valence-corrected chi connectivity index (χ1v) is 7.06. The SMILES string of the molecule is CCNC(Cc1cc(Cl)ccc1OC)c1cnn(C)c1. The van der Waals surface area contributed by atoms with Gasteiger partial charge in [-0.15, -0.1) is 0 Å². The van der Waals surface area contributed by atoms with E-state index in [0.717, 1.165) is 34.9 Å². The van der Waals surface area contributed by atoms with Crippen LogP contribution in [-0.2, 0) is 13.5 Å². The molecule has 0 spiro atoms. The molecule has 0 saturated heterocycles. The number of benzene rings is 1. The maximum absolute atomic E-state index is 6.09. The van der Waals surface area contributed by atoms with Crippen molar-refractivity contribution >= 4 is 11.6 Å². The molecule has 0 amide bonds. The number of aryl methyl sites for hydroxylation is 1. The molecular weight excluding hydrogens is 274 g/mol. The molecular formula is C15H20ClN3O. The summed E-state index contributed by atoms with van der Waals surface area (Å²) in [5.41, 5.74) is 2.26. The van der Waals surface area contributed by atoms with Gasteiger partial charge in [0, 0.05) is 29.9 Å². The average Bonchev–Trinajstić information content (AvgIpc) is 2.85. The number of rotatable bonds is 6. The van der Waals surface area contributed by atoms with Crippen LogP contribution >= 0.6 is 11.6 Å². The Labute approximate surface area is 124 Å². The summed E-state index contributed by atoms with van der Waals surface area (Å²) < 4.78 is 7.23. The molecule has 1 aromatic heterocycles. The van der Waals surface area contributed by atoms with E-state index >= 15 is 0 Å². The van der Waals surface area contributed by atoms with E-state index in [1.807, 2.05) is 42.3 Å². The number of aromatic nitrogens is 2. The number of nitrogens with zero attached hydrogens (tertiary/aromatic N) is 2. The highest BCUT2D eigenvalue weighted by molar-refractivity contribution is 6.30. The lowest BCUT2D eigenvalue weighted by Crippen LogP contribution is -2.22. The van der Waals surface area contributed by atoms with Gasteiger partial charge in [-0.25, -0.2) is 0 Å². The van der Waals surface area contributed by atoms with Crippen molar-refractivity contribution in [3.05, 3.63) is 46.7 Å². The fourth-order valence-corrected chi connectivity index (χ4v) is 2.50. The Kier molecular flexibility index (Phi) is 5.04. The number of methoxy groups -OCH3 is 1. The highest BCUT2D eigenvalue weighted by Crippen LogP contribution is 2.27. The second kappa shape index (κ2) is 6.77. The van der Waals surface area contributed by atoms with Crippen LogP contribution in [0, 0.1) is 0 Å². The van der Waals surface area contributed by atoms with Crippen molar-refractivity contribution in [2.45, 2.75) is 19.4 Å². The van der Waals surface area contributed by atoms with E-state index in [1.54, 1.807) is 7.11 Å².